The fraction of sp³-hybridized carbons (Fsp3) is 0.727. The van der Waals surface area contributed by atoms with Crippen molar-refractivity contribution in [2.24, 2.45) is 0 Å². The average molecular weight is 622 g/mol. The van der Waals surface area contributed by atoms with E-state index in [1.807, 2.05) is 0 Å². The molecule has 0 atom stereocenters. The van der Waals surface area contributed by atoms with Gasteiger partial charge in [-0.05, 0) is 143 Å². The van der Waals surface area contributed by atoms with Gasteiger partial charge in [0.1, 0.15) is 0 Å². The molecule has 0 rings (SSSR count). The molecule has 45 heavy (non-hydrogen) atoms. The van der Waals surface area contributed by atoms with E-state index in [2.05, 4.69) is 99.7 Å². The molecule has 0 radical (unpaired) electrons. The normalized spacial score (nSPS) is 13.0. The van der Waals surface area contributed by atoms with Gasteiger partial charge in [0.15, 0.2) is 0 Å². The lowest BCUT2D eigenvalue weighted by Gasteiger charge is -2.10. The number of allylic oxidation sites excluding steroid dienone is 12. The minimum absolute atomic E-state index is 1.09. The number of nitrogens with zero attached hydrogens (tertiary/aromatic N) is 1. The molecule has 0 amide bonds. The van der Waals surface area contributed by atoms with E-state index in [4.69, 9.17) is 0 Å². The third kappa shape index (κ3) is 38.5. The second-order valence-corrected chi connectivity index (χ2v) is 13.5. The third-order valence-corrected chi connectivity index (χ3v) is 8.56. The van der Waals surface area contributed by atoms with Crippen molar-refractivity contribution in [3.63, 3.8) is 0 Å². The van der Waals surface area contributed by atoms with Crippen LogP contribution in [-0.2, 0) is 0 Å². The van der Waals surface area contributed by atoms with Crippen LogP contribution in [0.4, 0.5) is 0 Å². The topological polar surface area (TPSA) is 3.24 Å². The first-order valence-corrected chi connectivity index (χ1v) is 19.8. The summed E-state index contributed by atoms with van der Waals surface area (Å²) in [6.07, 6.45) is 61.5. The summed E-state index contributed by atoms with van der Waals surface area (Å²) >= 11 is 0. The number of unbranched alkanes of at least 4 members (excludes halogenated alkanes) is 17. The van der Waals surface area contributed by atoms with Gasteiger partial charge >= 0.3 is 0 Å². The molecule has 0 aromatic rings. The SMILES string of the molecule is CCCCC/C=C\C/C=C\CC/C=C/CCCC/C(=C\CCCCN(C)C)CCCCCCCC/C=C\C/C=C\CCCCC. The summed E-state index contributed by atoms with van der Waals surface area (Å²) in [6.45, 7) is 5.76. The molecule has 1 nitrogen and oxygen atoms in total. The van der Waals surface area contributed by atoms with Crippen LogP contribution in [0.1, 0.15) is 187 Å². The molecule has 0 aromatic heterocycles. The molecule has 0 saturated carbocycles. The first kappa shape index (κ1) is 43.4. The van der Waals surface area contributed by atoms with E-state index < -0.39 is 0 Å². The number of rotatable bonds is 34. The molecule has 0 N–H and O–H groups in total. The highest BCUT2D eigenvalue weighted by molar-refractivity contribution is 5.02. The zero-order chi connectivity index (χ0) is 32.7. The average Bonchev–Trinajstić information content (AvgIpc) is 3.03. The Kier molecular flexibility index (Phi) is 37.2. The highest BCUT2D eigenvalue weighted by Crippen LogP contribution is 2.19. The van der Waals surface area contributed by atoms with Crippen molar-refractivity contribution in [1.29, 1.82) is 0 Å². The standard InChI is InChI=1S/C44H79N/c1-5-7-9-11-13-15-17-19-21-23-25-27-29-31-33-36-40-44(42-38-35-39-43-45(3)4)41-37-34-32-30-28-26-24-22-20-18-16-14-12-10-8-6-2/h13-16,19-22,27,29,42H,5-12,17-18,23-26,28,30-41,43H2,1-4H3/b15-13-,16-14-,21-19-,22-20-,29-27+,44-42+. The molecule has 0 fully saturated rings. The Morgan fingerprint density at radius 3 is 1.29 bits per heavy atom. The van der Waals surface area contributed by atoms with Gasteiger partial charge in [-0.3, -0.25) is 0 Å². The maximum Gasteiger partial charge on any atom is -0.00247 e. The molecule has 0 heterocycles. The Labute approximate surface area is 284 Å². The zero-order valence-electron chi connectivity index (χ0n) is 31.1. The van der Waals surface area contributed by atoms with E-state index in [0.29, 0.717) is 0 Å². The minimum atomic E-state index is 1.09. The van der Waals surface area contributed by atoms with Crippen molar-refractivity contribution in [2.75, 3.05) is 20.6 Å². The molecular weight excluding hydrogens is 542 g/mol. The minimum Gasteiger partial charge on any atom is -0.309 e. The van der Waals surface area contributed by atoms with Gasteiger partial charge in [0.25, 0.3) is 0 Å². The Morgan fingerprint density at radius 1 is 0.378 bits per heavy atom. The Morgan fingerprint density at radius 2 is 0.756 bits per heavy atom. The van der Waals surface area contributed by atoms with Crippen LogP contribution < -0.4 is 0 Å². The summed E-state index contributed by atoms with van der Waals surface area (Å²) in [5, 5.41) is 0. The Balaban J connectivity index is 4.01. The second kappa shape index (κ2) is 38.6. The van der Waals surface area contributed by atoms with Crippen molar-refractivity contribution in [1.82, 2.24) is 4.90 Å². The van der Waals surface area contributed by atoms with E-state index in [-0.39, 0.29) is 0 Å². The smallest absolute Gasteiger partial charge is 0.00247 e. The summed E-state index contributed by atoms with van der Waals surface area (Å²) in [7, 11) is 4.37. The lowest BCUT2D eigenvalue weighted by atomic mass is 9.98. The summed E-state index contributed by atoms with van der Waals surface area (Å²) in [6, 6.07) is 0. The predicted molar refractivity (Wildman–Crippen MR) is 208 cm³/mol. The molecule has 0 unspecified atom stereocenters. The molecular formula is C44H79N. The fourth-order valence-corrected chi connectivity index (χ4v) is 5.61. The Hall–Kier alpha value is -1.60. The molecule has 0 aliphatic heterocycles. The van der Waals surface area contributed by atoms with Gasteiger partial charge in [-0.15, -0.1) is 0 Å². The molecule has 1 heteroatoms. The quantitative estimate of drug-likeness (QED) is 0.0510. The maximum atomic E-state index is 2.62. The second-order valence-electron chi connectivity index (χ2n) is 13.5. The van der Waals surface area contributed by atoms with Crippen LogP contribution in [0.3, 0.4) is 0 Å². The van der Waals surface area contributed by atoms with Crippen molar-refractivity contribution in [3.05, 3.63) is 72.4 Å². The van der Waals surface area contributed by atoms with Gasteiger partial charge in [-0.2, -0.15) is 0 Å². The highest BCUT2D eigenvalue weighted by Gasteiger charge is 2.00. The molecule has 0 aliphatic carbocycles. The summed E-state index contributed by atoms with van der Waals surface area (Å²) in [5.41, 5.74) is 1.75. The highest BCUT2D eigenvalue weighted by atomic mass is 15.0. The van der Waals surface area contributed by atoms with Gasteiger partial charge in [0.05, 0.1) is 0 Å². The van der Waals surface area contributed by atoms with E-state index in [9.17, 15) is 0 Å². The summed E-state index contributed by atoms with van der Waals surface area (Å²) in [5.74, 6) is 0. The van der Waals surface area contributed by atoms with Crippen molar-refractivity contribution >= 4 is 0 Å². The van der Waals surface area contributed by atoms with Gasteiger partial charge in [-0.25, -0.2) is 0 Å². The van der Waals surface area contributed by atoms with E-state index in [1.165, 1.54) is 167 Å². The molecule has 260 valence electrons. The largest absolute Gasteiger partial charge is 0.309 e. The van der Waals surface area contributed by atoms with E-state index in [0.717, 1.165) is 12.8 Å². The van der Waals surface area contributed by atoms with Crippen LogP contribution in [0.25, 0.3) is 0 Å². The first-order chi connectivity index (χ1) is 22.2. The molecule has 0 bridgehead atoms. The summed E-state index contributed by atoms with van der Waals surface area (Å²) < 4.78 is 0. The van der Waals surface area contributed by atoms with Crippen molar-refractivity contribution in [3.8, 4) is 0 Å². The predicted octanol–water partition coefficient (Wildman–Crippen LogP) is 14.8. The zero-order valence-corrected chi connectivity index (χ0v) is 31.1. The number of hydrogen-bond donors (Lipinski definition) is 0. The summed E-state index contributed by atoms with van der Waals surface area (Å²) in [4.78, 5) is 2.31. The van der Waals surface area contributed by atoms with Crippen LogP contribution in [0.5, 0.6) is 0 Å². The fourth-order valence-electron chi connectivity index (χ4n) is 5.61. The monoisotopic (exact) mass is 622 g/mol. The van der Waals surface area contributed by atoms with Crippen molar-refractivity contribution in [2.45, 2.75) is 187 Å². The van der Waals surface area contributed by atoms with Crippen LogP contribution in [-0.4, -0.2) is 25.5 Å². The molecule has 0 aliphatic rings. The van der Waals surface area contributed by atoms with Gasteiger partial charge in [0.2, 0.25) is 0 Å². The molecule has 0 spiro atoms. The third-order valence-electron chi connectivity index (χ3n) is 8.56. The maximum absolute atomic E-state index is 2.62. The molecule has 0 saturated heterocycles. The van der Waals surface area contributed by atoms with E-state index in [1.54, 1.807) is 5.57 Å². The lowest BCUT2D eigenvalue weighted by molar-refractivity contribution is 0.395. The van der Waals surface area contributed by atoms with Crippen LogP contribution in [0, 0.1) is 0 Å². The van der Waals surface area contributed by atoms with Gasteiger partial charge in [-0.1, -0.05) is 138 Å². The molecule has 0 aromatic carbocycles. The van der Waals surface area contributed by atoms with Gasteiger partial charge in [0, 0.05) is 0 Å². The van der Waals surface area contributed by atoms with Gasteiger partial charge < -0.3 is 4.90 Å². The number of hydrogen-bond acceptors (Lipinski definition) is 1. The van der Waals surface area contributed by atoms with Crippen LogP contribution in [0.2, 0.25) is 0 Å². The Bertz CT molecular complexity index is 747. The van der Waals surface area contributed by atoms with Crippen molar-refractivity contribution < 1.29 is 0 Å². The van der Waals surface area contributed by atoms with Crippen LogP contribution in [0.15, 0.2) is 72.4 Å². The lowest BCUT2D eigenvalue weighted by Crippen LogP contribution is -2.12. The van der Waals surface area contributed by atoms with E-state index >= 15 is 0 Å². The first-order valence-electron chi connectivity index (χ1n) is 19.8. The van der Waals surface area contributed by atoms with Crippen LogP contribution >= 0.6 is 0 Å².